The summed E-state index contributed by atoms with van der Waals surface area (Å²) in [5, 5.41) is 50.3. The van der Waals surface area contributed by atoms with Crippen LogP contribution in [0.2, 0.25) is 0 Å². The number of ether oxygens (including phenoxy) is 2. The fourth-order valence-corrected chi connectivity index (χ4v) is 9.49. The molecule has 1 fully saturated rings. The fraction of sp³-hybridized carbons (Fsp3) is 0.923. The number of rotatable bonds is 46. The lowest BCUT2D eigenvalue weighted by molar-refractivity contribution is -0.220. The van der Waals surface area contributed by atoms with Crippen LogP contribution in [0.4, 0.5) is 0 Å². The lowest BCUT2D eigenvalue weighted by Gasteiger charge is -2.41. The molecule has 0 radical (unpaired) electrons. The molecule has 1 saturated carbocycles. The van der Waals surface area contributed by atoms with Crippen LogP contribution in [0.1, 0.15) is 251 Å². The highest BCUT2D eigenvalue weighted by atomic mass is 31.2. The number of aliphatic hydroxyl groups is 5. The summed E-state index contributed by atoms with van der Waals surface area (Å²) in [6, 6.07) is 0. The van der Waals surface area contributed by atoms with Gasteiger partial charge < -0.3 is 39.9 Å². The minimum absolute atomic E-state index is 0.0713. The van der Waals surface area contributed by atoms with E-state index >= 15 is 0 Å². The molecular weight excluding hydrogens is 864 g/mol. The average Bonchev–Trinajstić information content (AvgIpc) is 3.30. The number of hydrogen-bond acceptors (Lipinski definition) is 12. The van der Waals surface area contributed by atoms with Crippen molar-refractivity contribution in [2.45, 2.75) is 294 Å². The average molecular weight is 963 g/mol. The number of allylic oxidation sites excluding steroid dienone is 2. The molecule has 0 bridgehead atoms. The molecule has 0 aromatic rings. The lowest BCUT2D eigenvalue weighted by atomic mass is 9.85. The van der Waals surface area contributed by atoms with Crippen molar-refractivity contribution < 1.29 is 63.1 Å². The van der Waals surface area contributed by atoms with Gasteiger partial charge in [-0.25, -0.2) is 4.57 Å². The normalized spacial score (nSPS) is 21.3. The van der Waals surface area contributed by atoms with Crippen molar-refractivity contribution in [2.24, 2.45) is 0 Å². The first-order valence-corrected chi connectivity index (χ1v) is 28.5. The van der Waals surface area contributed by atoms with Crippen LogP contribution in [0.15, 0.2) is 12.2 Å². The first-order chi connectivity index (χ1) is 31.9. The Morgan fingerprint density at radius 3 is 1.18 bits per heavy atom. The van der Waals surface area contributed by atoms with Gasteiger partial charge in [0.25, 0.3) is 0 Å². The number of esters is 2. The maximum atomic E-state index is 12.8. The van der Waals surface area contributed by atoms with E-state index in [0.29, 0.717) is 12.8 Å². The molecule has 0 aliphatic heterocycles. The maximum absolute atomic E-state index is 12.8. The van der Waals surface area contributed by atoms with Gasteiger partial charge in [0.2, 0.25) is 0 Å². The molecule has 13 nitrogen and oxygen atoms in total. The molecule has 66 heavy (non-hydrogen) atoms. The van der Waals surface area contributed by atoms with Gasteiger partial charge in [0.05, 0.1) is 6.61 Å². The molecule has 0 saturated heterocycles. The topological polar surface area (TPSA) is 210 Å². The van der Waals surface area contributed by atoms with Gasteiger partial charge in [-0.1, -0.05) is 212 Å². The van der Waals surface area contributed by atoms with E-state index in [-0.39, 0.29) is 12.8 Å². The van der Waals surface area contributed by atoms with E-state index in [1.807, 2.05) is 0 Å². The van der Waals surface area contributed by atoms with Gasteiger partial charge in [-0.05, 0) is 38.5 Å². The third-order valence-electron chi connectivity index (χ3n) is 12.9. The number of carbonyl (C=O) groups excluding carboxylic acids is 2. The van der Waals surface area contributed by atoms with E-state index in [1.54, 1.807) is 0 Å². The summed E-state index contributed by atoms with van der Waals surface area (Å²) in [6.07, 6.45) is 34.1. The van der Waals surface area contributed by atoms with Crippen molar-refractivity contribution >= 4 is 19.8 Å². The first kappa shape index (κ1) is 62.6. The quantitative estimate of drug-likeness (QED) is 0.0145. The van der Waals surface area contributed by atoms with Gasteiger partial charge in [-0.3, -0.25) is 18.6 Å². The van der Waals surface area contributed by atoms with Gasteiger partial charge in [-0.15, -0.1) is 0 Å². The summed E-state index contributed by atoms with van der Waals surface area (Å²) >= 11 is 0. The molecule has 8 atom stereocenters. The Kier molecular flexibility index (Phi) is 40.3. The van der Waals surface area contributed by atoms with Gasteiger partial charge in [0.1, 0.15) is 43.2 Å². The summed E-state index contributed by atoms with van der Waals surface area (Å²) in [6.45, 7) is 3.33. The smallest absolute Gasteiger partial charge is 0.462 e. The molecule has 1 rings (SSSR count). The summed E-state index contributed by atoms with van der Waals surface area (Å²) in [5.41, 5.74) is 0. The minimum Gasteiger partial charge on any atom is -0.462 e. The van der Waals surface area contributed by atoms with E-state index in [1.165, 1.54) is 173 Å². The van der Waals surface area contributed by atoms with E-state index in [2.05, 4.69) is 26.0 Å². The number of phosphoric acid groups is 1. The van der Waals surface area contributed by atoms with E-state index in [9.17, 15) is 44.6 Å². The number of unbranched alkanes of at least 4 members (excludes halogenated alkanes) is 32. The third kappa shape index (κ3) is 34.0. The highest BCUT2D eigenvalue weighted by molar-refractivity contribution is 7.47. The molecular formula is C52H99O13P. The van der Waals surface area contributed by atoms with Gasteiger partial charge in [0.15, 0.2) is 6.10 Å². The molecule has 14 heteroatoms. The van der Waals surface area contributed by atoms with Crippen molar-refractivity contribution in [1.29, 1.82) is 0 Å². The van der Waals surface area contributed by atoms with Crippen molar-refractivity contribution in [2.75, 3.05) is 13.2 Å². The Morgan fingerprint density at radius 1 is 0.455 bits per heavy atom. The number of phosphoric ester groups is 1. The van der Waals surface area contributed by atoms with Crippen LogP contribution < -0.4 is 0 Å². The molecule has 6 unspecified atom stereocenters. The summed E-state index contributed by atoms with van der Waals surface area (Å²) in [4.78, 5) is 35.8. The van der Waals surface area contributed by atoms with E-state index in [0.717, 1.165) is 38.5 Å². The van der Waals surface area contributed by atoms with Crippen molar-refractivity contribution in [1.82, 2.24) is 0 Å². The van der Waals surface area contributed by atoms with E-state index in [4.69, 9.17) is 18.5 Å². The zero-order valence-corrected chi connectivity index (χ0v) is 42.7. The molecule has 390 valence electrons. The van der Waals surface area contributed by atoms with Crippen LogP contribution in [0.3, 0.4) is 0 Å². The van der Waals surface area contributed by atoms with Crippen molar-refractivity contribution in [3.05, 3.63) is 12.2 Å². The Morgan fingerprint density at radius 2 is 0.773 bits per heavy atom. The molecule has 0 heterocycles. The standard InChI is InChI=1S/C52H99O13P/c1-3-5-7-9-11-13-15-17-19-20-21-22-23-24-25-27-28-30-32-34-36-38-40-45(53)62-42-44(43-63-66(60,61)65-52-50(58)48(56)47(55)49(57)51(52)59)64-46(54)41-39-37-35-33-31-29-26-18-16-14-12-10-8-6-4-2/h31,33,44,47-52,55-59H,3-30,32,34-43H2,1-2H3,(H,60,61)/b33-31+/t44-,47?,48-,49?,50?,51?,52?/m0/s1. The third-order valence-corrected chi connectivity index (χ3v) is 13.8. The highest BCUT2D eigenvalue weighted by Crippen LogP contribution is 2.47. The second-order valence-corrected chi connectivity index (χ2v) is 20.5. The fourth-order valence-electron chi connectivity index (χ4n) is 8.52. The van der Waals surface area contributed by atoms with Crippen molar-refractivity contribution in [3.8, 4) is 0 Å². The second kappa shape index (κ2) is 42.5. The van der Waals surface area contributed by atoms with Crippen LogP contribution in [0.25, 0.3) is 0 Å². The minimum atomic E-state index is -5.12. The summed E-state index contributed by atoms with van der Waals surface area (Å²) in [7, 11) is -5.12. The molecule has 6 N–H and O–H groups in total. The Labute approximate surface area is 401 Å². The molecule has 0 amide bonds. The largest absolute Gasteiger partial charge is 0.472 e. The molecule has 0 aromatic carbocycles. The molecule has 0 aromatic heterocycles. The predicted molar refractivity (Wildman–Crippen MR) is 263 cm³/mol. The van der Waals surface area contributed by atoms with Crippen LogP contribution >= 0.6 is 7.82 Å². The lowest BCUT2D eigenvalue weighted by Crippen LogP contribution is -2.64. The summed E-state index contributed by atoms with van der Waals surface area (Å²) in [5.74, 6) is -1.11. The first-order valence-electron chi connectivity index (χ1n) is 27.0. The highest BCUT2D eigenvalue weighted by Gasteiger charge is 2.51. The second-order valence-electron chi connectivity index (χ2n) is 19.1. The predicted octanol–water partition coefficient (Wildman–Crippen LogP) is 11.8. The van der Waals surface area contributed by atoms with Gasteiger partial charge in [0, 0.05) is 12.8 Å². The van der Waals surface area contributed by atoms with Gasteiger partial charge in [-0.2, -0.15) is 0 Å². The molecule has 1 aliphatic rings. The summed E-state index contributed by atoms with van der Waals surface area (Å²) < 4.78 is 33.6. The van der Waals surface area contributed by atoms with Crippen LogP contribution in [0, 0.1) is 0 Å². The van der Waals surface area contributed by atoms with E-state index < -0.39 is 75.7 Å². The van der Waals surface area contributed by atoms with Crippen LogP contribution in [-0.2, 0) is 32.7 Å². The Bertz CT molecular complexity index is 1200. The van der Waals surface area contributed by atoms with Crippen molar-refractivity contribution in [3.63, 3.8) is 0 Å². The Hall–Kier alpha value is -1.41. The number of carbonyl (C=O) groups is 2. The zero-order chi connectivity index (χ0) is 48.5. The SMILES string of the molecule is CCCCCCCCCCC/C=C/CCCCC(=O)O[C@@H](COC(=O)CCCCCCCCCCCCCCCCCCCCCCCC)COP(=O)(O)OC1C(O)C(O)C(O)[C@H](O)C1O. The van der Waals surface area contributed by atoms with Crippen LogP contribution in [0.5, 0.6) is 0 Å². The number of aliphatic hydroxyl groups excluding tert-OH is 5. The van der Waals surface area contributed by atoms with Gasteiger partial charge >= 0.3 is 19.8 Å². The Balaban J connectivity index is 2.34. The maximum Gasteiger partial charge on any atom is 0.472 e. The zero-order valence-electron chi connectivity index (χ0n) is 41.8. The van der Waals surface area contributed by atoms with Crippen LogP contribution in [-0.4, -0.2) is 98.3 Å². The number of hydrogen-bond donors (Lipinski definition) is 6. The monoisotopic (exact) mass is 963 g/mol. The molecule has 1 aliphatic carbocycles. The molecule has 0 spiro atoms.